The lowest BCUT2D eigenvalue weighted by atomic mass is 10.1. The molecule has 0 aliphatic heterocycles. The van der Waals surface area contributed by atoms with E-state index in [4.69, 9.17) is 16.3 Å². The van der Waals surface area contributed by atoms with Crippen molar-refractivity contribution in [2.45, 2.75) is 13.0 Å². The average Bonchev–Trinajstić information content (AvgIpc) is 2.44. The van der Waals surface area contributed by atoms with Crippen molar-refractivity contribution in [3.63, 3.8) is 0 Å². The number of benzene rings is 1. The summed E-state index contributed by atoms with van der Waals surface area (Å²) < 4.78 is 6.69. The van der Waals surface area contributed by atoms with Gasteiger partial charge in [0.15, 0.2) is 0 Å². The lowest BCUT2D eigenvalue weighted by molar-refractivity contribution is 0.311. The van der Waals surface area contributed by atoms with E-state index in [1.54, 1.807) is 6.07 Å². The molecule has 1 aromatic carbocycles. The van der Waals surface area contributed by atoms with Gasteiger partial charge in [-0.1, -0.05) is 30.3 Å². The Kier molecular flexibility index (Phi) is 4.58. The van der Waals surface area contributed by atoms with Gasteiger partial charge in [0.05, 0.1) is 12.6 Å². The van der Waals surface area contributed by atoms with E-state index in [9.17, 15) is 4.79 Å². The number of halogens is 1. The van der Waals surface area contributed by atoms with Crippen LogP contribution in [0.3, 0.4) is 0 Å². The van der Waals surface area contributed by atoms with Crippen molar-refractivity contribution in [1.82, 2.24) is 9.78 Å². The summed E-state index contributed by atoms with van der Waals surface area (Å²) in [5, 5.41) is 4.21. The summed E-state index contributed by atoms with van der Waals surface area (Å²) in [6, 6.07) is 12.3. The number of rotatable bonds is 5. The zero-order valence-corrected chi connectivity index (χ0v) is 11.4. The van der Waals surface area contributed by atoms with E-state index in [-0.39, 0.29) is 17.5 Å². The largest absolute Gasteiger partial charge is 0.477 e. The minimum atomic E-state index is -0.296. The van der Waals surface area contributed by atoms with E-state index >= 15 is 0 Å². The average molecular weight is 279 g/mol. The van der Waals surface area contributed by atoms with E-state index in [2.05, 4.69) is 5.10 Å². The number of alkyl halides is 1. The third kappa shape index (κ3) is 3.15. The second-order valence-electron chi connectivity index (χ2n) is 3.97. The summed E-state index contributed by atoms with van der Waals surface area (Å²) in [5.74, 6) is 0.695. The first-order chi connectivity index (χ1) is 9.26. The standard InChI is InChI=1S/C14H15ClN2O2/c1-2-19-13-8-9-14(18)17(16-13)12(10-15)11-6-4-3-5-7-11/h3-9,12H,2,10H2,1H3. The van der Waals surface area contributed by atoms with Crippen LogP contribution in [-0.2, 0) is 0 Å². The van der Waals surface area contributed by atoms with Crippen LogP contribution in [0.2, 0.25) is 0 Å². The molecule has 2 aromatic rings. The first-order valence-corrected chi connectivity index (χ1v) is 6.63. The summed E-state index contributed by atoms with van der Waals surface area (Å²) in [6.07, 6.45) is 0. The Hall–Kier alpha value is -1.81. The maximum Gasteiger partial charge on any atom is 0.267 e. The molecule has 0 N–H and O–H groups in total. The van der Waals surface area contributed by atoms with Crippen LogP contribution in [0.1, 0.15) is 18.5 Å². The van der Waals surface area contributed by atoms with E-state index in [1.165, 1.54) is 10.7 Å². The molecule has 1 atom stereocenters. The molecule has 0 fully saturated rings. The highest BCUT2D eigenvalue weighted by molar-refractivity contribution is 6.18. The van der Waals surface area contributed by atoms with Crippen molar-refractivity contribution < 1.29 is 4.74 Å². The molecule has 0 saturated carbocycles. The maximum atomic E-state index is 11.9. The third-order valence-corrected chi connectivity index (χ3v) is 3.01. The molecular weight excluding hydrogens is 264 g/mol. The molecule has 1 unspecified atom stereocenters. The van der Waals surface area contributed by atoms with Gasteiger partial charge in [-0.15, -0.1) is 16.7 Å². The fourth-order valence-corrected chi connectivity index (χ4v) is 2.14. The van der Waals surface area contributed by atoms with Crippen LogP contribution in [0.4, 0.5) is 0 Å². The molecule has 0 saturated heterocycles. The highest BCUT2D eigenvalue weighted by Crippen LogP contribution is 2.18. The Balaban J connectivity index is 2.43. The molecule has 0 aliphatic carbocycles. The molecule has 19 heavy (non-hydrogen) atoms. The zero-order chi connectivity index (χ0) is 13.7. The molecule has 5 heteroatoms. The van der Waals surface area contributed by atoms with Crippen molar-refractivity contribution in [2.75, 3.05) is 12.5 Å². The van der Waals surface area contributed by atoms with Gasteiger partial charge in [-0.3, -0.25) is 4.79 Å². The Morgan fingerprint density at radius 3 is 2.63 bits per heavy atom. The predicted molar refractivity (Wildman–Crippen MR) is 75.0 cm³/mol. The summed E-state index contributed by atoms with van der Waals surface area (Å²) in [6.45, 7) is 2.37. The molecule has 2 rings (SSSR count). The summed E-state index contributed by atoms with van der Waals surface area (Å²) in [4.78, 5) is 11.9. The predicted octanol–water partition coefficient (Wildman–Crippen LogP) is 2.47. The van der Waals surface area contributed by atoms with Crippen LogP contribution >= 0.6 is 11.6 Å². The summed E-state index contributed by atoms with van der Waals surface area (Å²) in [5.41, 5.74) is 0.749. The van der Waals surface area contributed by atoms with Gasteiger partial charge in [0.25, 0.3) is 5.56 Å². The van der Waals surface area contributed by atoms with Gasteiger partial charge in [0.2, 0.25) is 5.88 Å². The highest BCUT2D eigenvalue weighted by atomic mass is 35.5. The lowest BCUT2D eigenvalue weighted by Gasteiger charge is -2.17. The van der Waals surface area contributed by atoms with Crippen LogP contribution in [0.5, 0.6) is 5.88 Å². The highest BCUT2D eigenvalue weighted by Gasteiger charge is 2.15. The molecule has 0 spiro atoms. The first-order valence-electron chi connectivity index (χ1n) is 6.09. The van der Waals surface area contributed by atoms with E-state index in [1.807, 2.05) is 37.3 Å². The minimum Gasteiger partial charge on any atom is -0.477 e. The van der Waals surface area contributed by atoms with Gasteiger partial charge in [-0.05, 0) is 12.5 Å². The van der Waals surface area contributed by atoms with Gasteiger partial charge in [-0.25, -0.2) is 4.68 Å². The number of hydrogen-bond donors (Lipinski definition) is 0. The molecule has 0 radical (unpaired) electrons. The normalized spacial score (nSPS) is 12.1. The summed E-state index contributed by atoms with van der Waals surface area (Å²) in [7, 11) is 0. The van der Waals surface area contributed by atoms with Gasteiger partial charge in [0, 0.05) is 18.0 Å². The van der Waals surface area contributed by atoms with E-state index in [0.717, 1.165) is 5.56 Å². The topological polar surface area (TPSA) is 44.1 Å². The lowest BCUT2D eigenvalue weighted by Crippen LogP contribution is -2.28. The molecule has 1 heterocycles. The quantitative estimate of drug-likeness (QED) is 0.789. The second kappa shape index (κ2) is 6.38. The van der Waals surface area contributed by atoms with E-state index < -0.39 is 0 Å². The van der Waals surface area contributed by atoms with Crippen LogP contribution in [0, 0.1) is 0 Å². The van der Waals surface area contributed by atoms with Gasteiger partial charge in [-0.2, -0.15) is 0 Å². The number of hydrogen-bond acceptors (Lipinski definition) is 3. The van der Waals surface area contributed by atoms with Crippen molar-refractivity contribution in [1.29, 1.82) is 0 Å². The maximum absolute atomic E-state index is 11.9. The Morgan fingerprint density at radius 2 is 2.00 bits per heavy atom. The Bertz CT molecular complexity index is 583. The van der Waals surface area contributed by atoms with Crippen molar-refractivity contribution >= 4 is 11.6 Å². The molecule has 100 valence electrons. The number of aromatic nitrogens is 2. The summed E-state index contributed by atoms with van der Waals surface area (Å²) >= 11 is 6.00. The Labute approximate surface area is 116 Å². The zero-order valence-electron chi connectivity index (χ0n) is 10.6. The fourth-order valence-electron chi connectivity index (χ4n) is 1.83. The molecule has 0 bridgehead atoms. The van der Waals surface area contributed by atoms with E-state index in [0.29, 0.717) is 12.5 Å². The smallest absolute Gasteiger partial charge is 0.267 e. The second-order valence-corrected chi connectivity index (χ2v) is 4.28. The third-order valence-electron chi connectivity index (χ3n) is 2.72. The van der Waals surface area contributed by atoms with Gasteiger partial charge < -0.3 is 4.74 Å². The SMILES string of the molecule is CCOc1ccc(=O)n(C(CCl)c2ccccc2)n1. The van der Waals surface area contributed by atoms with Crippen LogP contribution < -0.4 is 10.3 Å². The van der Waals surface area contributed by atoms with Crippen molar-refractivity contribution in [3.05, 3.63) is 58.4 Å². The van der Waals surface area contributed by atoms with Gasteiger partial charge >= 0.3 is 0 Å². The fraction of sp³-hybridized carbons (Fsp3) is 0.286. The number of ether oxygens (including phenoxy) is 1. The van der Waals surface area contributed by atoms with Gasteiger partial charge in [0.1, 0.15) is 0 Å². The van der Waals surface area contributed by atoms with Crippen molar-refractivity contribution in [3.8, 4) is 5.88 Å². The molecule has 0 amide bonds. The minimum absolute atomic E-state index is 0.196. The molecular formula is C14H15ClN2O2. The monoisotopic (exact) mass is 278 g/mol. The van der Waals surface area contributed by atoms with Crippen LogP contribution in [0.15, 0.2) is 47.3 Å². The molecule has 4 nitrogen and oxygen atoms in total. The van der Waals surface area contributed by atoms with Crippen molar-refractivity contribution in [2.24, 2.45) is 0 Å². The molecule has 0 aliphatic rings. The van der Waals surface area contributed by atoms with Crippen LogP contribution in [0.25, 0.3) is 0 Å². The molecule has 1 aromatic heterocycles. The first kappa shape index (κ1) is 13.6. The van der Waals surface area contributed by atoms with Crippen LogP contribution in [-0.4, -0.2) is 22.3 Å². The Morgan fingerprint density at radius 1 is 1.26 bits per heavy atom. The number of nitrogens with zero attached hydrogens (tertiary/aromatic N) is 2.